The van der Waals surface area contributed by atoms with Crippen molar-refractivity contribution >= 4 is 38.8 Å². The SMILES string of the molecule is O=C(CCc1ccc2ocnc2c1)Nc1ccnn1Cc1ccccc1Br. The Kier molecular flexibility index (Phi) is 5.02. The molecule has 0 bridgehead atoms. The molecule has 1 amide bonds. The van der Waals surface area contributed by atoms with E-state index in [2.05, 4.69) is 31.3 Å². The van der Waals surface area contributed by atoms with Crippen molar-refractivity contribution in [1.82, 2.24) is 14.8 Å². The number of fused-ring (bicyclic) bond motifs is 1. The van der Waals surface area contributed by atoms with Crippen molar-refractivity contribution in [3.05, 3.63) is 76.7 Å². The second-order valence-electron chi connectivity index (χ2n) is 6.17. The van der Waals surface area contributed by atoms with Crippen molar-refractivity contribution in [1.29, 1.82) is 0 Å². The second-order valence-corrected chi connectivity index (χ2v) is 7.02. The van der Waals surface area contributed by atoms with E-state index in [0.717, 1.165) is 26.7 Å². The fraction of sp³-hybridized carbons (Fsp3) is 0.150. The van der Waals surface area contributed by atoms with Crippen molar-refractivity contribution in [2.24, 2.45) is 0 Å². The maximum Gasteiger partial charge on any atom is 0.225 e. The Labute approximate surface area is 164 Å². The summed E-state index contributed by atoms with van der Waals surface area (Å²) in [7, 11) is 0. The van der Waals surface area contributed by atoms with Gasteiger partial charge in [0.25, 0.3) is 0 Å². The topological polar surface area (TPSA) is 73.0 Å². The molecule has 4 rings (SSSR count). The monoisotopic (exact) mass is 424 g/mol. The van der Waals surface area contributed by atoms with Crippen LogP contribution in [0, 0.1) is 0 Å². The Morgan fingerprint density at radius 3 is 2.96 bits per heavy atom. The number of hydrogen-bond acceptors (Lipinski definition) is 4. The van der Waals surface area contributed by atoms with Gasteiger partial charge in [-0.1, -0.05) is 40.2 Å². The number of nitrogens with one attached hydrogen (secondary N) is 1. The van der Waals surface area contributed by atoms with Crippen LogP contribution in [0.4, 0.5) is 5.82 Å². The standard InChI is InChI=1S/C20H17BrN4O2/c21-16-4-2-1-3-15(16)12-25-19(9-10-23-25)24-20(26)8-6-14-5-7-18-17(11-14)22-13-27-18/h1-5,7,9-11,13H,6,8,12H2,(H,24,26). The van der Waals surface area contributed by atoms with E-state index in [-0.39, 0.29) is 5.91 Å². The van der Waals surface area contributed by atoms with Gasteiger partial charge in [0.1, 0.15) is 11.3 Å². The van der Waals surface area contributed by atoms with Gasteiger partial charge in [-0.3, -0.25) is 4.79 Å². The minimum absolute atomic E-state index is 0.0517. The summed E-state index contributed by atoms with van der Waals surface area (Å²) < 4.78 is 8.03. The van der Waals surface area contributed by atoms with Crippen molar-refractivity contribution < 1.29 is 9.21 Å². The van der Waals surface area contributed by atoms with Crippen LogP contribution in [-0.2, 0) is 17.8 Å². The fourth-order valence-electron chi connectivity index (χ4n) is 2.87. The van der Waals surface area contributed by atoms with E-state index in [9.17, 15) is 4.79 Å². The minimum Gasteiger partial charge on any atom is -0.443 e. The quantitative estimate of drug-likeness (QED) is 0.497. The number of aromatic nitrogens is 3. The first kappa shape index (κ1) is 17.5. The molecule has 0 aliphatic rings. The number of carbonyl (C=O) groups is 1. The molecule has 0 atom stereocenters. The fourth-order valence-corrected chi connectivity index (χ4v) is 3.29. The van der Waals surface area contributed by atoms with Gasteiger partial charge in [0.2, 0.25) is 5.91 Å². The maximum atomic E-state index is 12.4. The molecule has 0 unspecified atom stereocenters. The lowest BCUT2D eigenvalue weighted by molar-refractivity contribution is -0.116. The molecule has 27 heavy (non-hydrogen) atoms. The molecule has 0 saturated carbocycles. The lowest BCUT2D eigenvalue weighted by atomic mass is 10.1. The highest BCUT2D eigenvalue weighted by molar-refractivity contribution is 9.10. The number of amides is 1. The molecule has 7 heteroatoms. The van der Waals surface area contributed by atoms with E-state index in [4.69, 9.17) is 4.42 Å². The number of hydrogen-bond donors (Lipinski definition) is 1. The van der Waals surface area contributed by atoms with Crippen molar-refractivity contribution in [2.75, 3.05) is 5.32 Å². The Hall–Kier alpha value is -2.93. The largest absolute Gasteiger partial charge is 0.443 e. The van der Waals surface area contributed by atoms with E-state index < -0.39 is 0 Å². The van der Waals surface area contributed by atoms with Gasteiger partial charge in [0.05, 0.1) is 12.7 Å². The highest BCUT2D eigenvalue weighted by atomic mass is 79.9. The molecule has 0 aliphatic heterocycles. The van der Waals surface area contributed by atoms with E-state index in [0.29, 0.717) is 25.2 Å². The molecule has 2 aromatic carbocycles. The normalized spacial score (nSPS) is 11.0. The van der Waals surface area contributed by atoms with Gasteiger partial charge < -0.3 is 9.73 Å². The third-order valence-corrected chi connectivity index (χ3v) is 5.07. The Bertz CT molecular complexity index is 1090. The smallest absolute Gasteiger partial charge is 0.225 e. The minimum atomic E-state index is -0.0517. The summed E-state index contributed by atoms with van der Waals surface area (Å²) in [5.74, 6) is 0.631. The van der Waals surface area contributed by atoms with Crippen molar-refractivity contribution in [2.45, 2.75) is 19.4 Å². The summed E-state index contributed by atoms with van der Waals surface area (Å²) in [6.07, 6.45) is 4.12. The van der Waals surface area contributed by atoms with Gasteiger partial charge in [-0.25, -0.2) is 9.67 Å². The zero-order valence-corrected chi connectivity index (χ0v) is 16.0. The Morgan fingerprint density at radius 2 is 2.07 bits per heavy atom. The first-order chi connectivity index (χ1) is 13.2. The summed E-state index contributed by atoms with van der Waals surface area (Å²) in [6.45, 7) is 0.576. The summed E-state index contributed by atoms with van der Waals surface area (Å²) in [5, 5.41) is 7.26. The van der Waals surface area contributed by atoms with E-state index in [1.165, 1.54) is 6.39 Å². The van der Waals surface area contributed by atoms with Gasteiger partial charge in [-0.15, -0.1) is 0 Å². The van der Waals surface area contributed by atoms with E-state index in [1.807, 2.05) is 42.5 Å². The summed E-state index contributed by atoms with van der Waals surface area (Å²) >= 11 is 3.54. The highest BCUT2D eigenvalue weighted by Crippen LogP contribution is 2.19. The average Bonchev–Trinajstić information content (AvgIpc) is 3.31. The molecule has 2 aromatic heterocycles. The summed E-state index contributed by atoms with van der Waals surface area (Å²) in [4.78, 5) is 16.5. The number of halogens is 1. The lowest BCUT2D eigenvalue weighted by Gasteiger charge is -2.10. The highest BCUT2D eigenvalue weighted by Gasteiger charge is 2.10. The van der Waals surface area contributed by atoms with Crippen LogP contribution in [-0.4, -0.2) is 20.7 Å². The molecule has 0 saturated heterocycles. The Morgan fingerprint density at radius 1 is 1.19 bits per heavy atom. The molecule has 0 fully saturated rings. The van der Waals surface area contributed by atoms with E-state index in [1.54, 1.807) is 16.9 Å². The molecule has 4 aromatic rings. The number of anilines is 1. The molecule has 0 aliphatic carbocycles. The van der Waals surface area contributed by atoms with Gasteiger partial charge in [0.15, 0.2) is 12.0 Å². The van der Waals surface area contributed by atoms with Crippen molar-refractivity contribution in [3.8, 4) is 0 Å². The number of nitrogens with zero attached hydrogens (tertiary/aromatic N) is 3. The van der Waals surface area contributed by atoms with Crippen LogP contribution in [0.2, 0.25) is 0 Å². The molecular formula is C20H17BrN4O2. The maximum absolute atomic E-state index is 12.4. The Balaban J connectivity index is 1.38. The van der Waals surface area contributed by atoms with Crippen molar-refractivity contribution in [3.63, 3.8) is 0 Å². The number of rotatable bonds is 6. The van der Waals surface area contributed by atoms with Crippen LogP contribution in [0.1, 0.15) is 17.5 Å². The third kappa shape index (κ3) is 4.09. The van der Waals surface area contributed by atoms with E-state index >= 15 is 0 Å². The third-order valence-electron chi connectivity index (χ3n) is 4.30. The molecular weight excluding hydrogens is 408 g/mol. The first-order valence-electron chi connectivity index (χ1n) is 8.56. The number of oxazole rings is 1. The number of benzene rings is 2. The average molecular weight is 425 g/mol. The first-order valence-corrected chi connectivity index (χ1v) is 9.35. The number of carbonyl (C=O) groups excluding carboxylic acids is 1. The lowest BCUT2D eigenvalue weighted by Crippen LogP contribution is -2.16. The second kappa shape index (κ2) is 7.75. The molecule has 1 N–H and O–H groups in total. The van der Waals surface area contributed by atoms with Crippen LogP contribution in [0.5, 0.6) is 0 Å². The molecule has 136 valence electrons. The zero-order valence-electron chi connectivity index (χ0n) is 14.4. The van der Waals surface area contributed by atoms with Gasteiger partial charge in [-0.2, -0.15) is 5.10 Å². The van der Waals surface area contributed by atoms with Gasteiger partial charge in [0, 0.05) is 17.0 Å². The molecule has 0 spiro atoms. The van der Waals surface area contributed by atoms with Crippen LogP contribution >= 0.6 is 15.9 Å². The van der Waals surface area contributed by atoms with Crippen LogP contribution in [0.15, 0.2) is 70.0 Å². The molecule has 2 heterocycles. The van der Waals surface area contributed by atoms with Gasteiger partial charge >= 0.3 is 0 Å². The zero-order chi connectivity index (χ0) is 18.6. The predicted octanol–water partition coefficient (Wildman–Crippen LogP) is 4.41. The van der Waals surface area contributed by atoms with Gasteiger partial charge in [-0.05, 0) is 35.7 Å². The van der Waals surface area contributed by atoms with Crippen LogP contribution in [0.3, 0.4) is 0 Å². The number of aryl methyl sites for hydroxylation is 1. The van der Waals surface area contributed by atoms with Crippen LogP contribution in [0.25, 0.3) is 11.1 Å². The van der Waals surface area contributed by atoms with Crippen LogP contribution < -0.4 is 5.32 Å². The molecule has 0 radical (unpaired) electrons. The summed E-state index contributed by atoms with van der Waals surface area (Å²) in [5.41, 5.74) is 3.70. The molecule has 6 nitrogen and oxygen atoms in total. The summed E-state index contributed by atoms with van der Waals surface area (Å²) in [6, 6.07) is 15.5. The predicted molar refractivity (Wildman–Crippen MR) is 106 cm³/mol.